The Labute approximate surface area is 368 Å². The van der Waals surface area contributed by atoms with Gasteiger partial charge in [-0.2, -0.15) is 0 Å². The molecule has 12 rings (SSSR count). The Hall–Kier alpha value is -8.20. The molecule has 63 heavy (non-hydrogen) atoms. The molecule has 1 aliphatic rings. The van der Waals surface area contributed by atoms with Crippen LogP contribution in [0.2, 0.25) is 0 Å². The molecule has 0 saturated heterocycles. The van der Waals surface area contributed by atoms with Crippen LogP contribution in [0.5, 0.6) is 0 Å². The first-order chi connectivity index (χ1) is 31.3. The minimum Gasteiger partial charge on any atom is -0.310 e. The van der Waals surface area contributed by atoms with Crippen molar-refractivity contribution in [1.82, 2.24) is 4.57 Å². The fraction of sp³-hybridized carbons (Fsp3) is 0.0164. The first kappa shape index (κ1) is 36.6. The summed E-state index contributed by atoms with van der Waals surface area (Å²) in [4.78, 5) is 2.43. The molecule has 0 saturated carbocycles. The number of hydrogen-bond donors (Lipinski definition) is 0. The highest BCUT2D eigenvalue weighted by Crippen LogP contribution is 2.56. The molecule has 1 aliphatic carbocycles. The van der Waals surface area contributed by atoms with Gasteiger partial charge in [0.2, 0.25) is 0 Å². The Bertz CT molecular complexity index is 3320. The Morgan fingerprint density at radius 2 is 0.778 bits per heavy atom. The quantitative estimate of drug-likeness (QED) is 0.149. The van der Waals surface area contributed by atoms with Crippen LogP contribution in [0.25, 0.3) is 60.9 Å². The third-order valence-electron chi connectivity index (χ3n) is 13.1. The van der Waals surface area contributed by atoms with Crippen LogP contribution in [0, 0.1) is 0 Å². The zero-order chi connectivity index (χ0) is 41.7. The summed E-state index contributed by atoms with van der Waals surface area (Å²) in [6, 6.07) is 93.2. The summed E-state index contributed by atoms with van der Waals surface area (Å²) in [6.45, 7) is 0. The van der Waals surface area contributed by atoms with Crippen molar-refractivity contribution in [3.8, 4) is 39.1 Å². The molecule has 0 atom stereocenters. The normalized spacial score (nSPS) is 12.6. The SMILES string of the molecule is c1ccc(-c2ccc(N(c3ccc(-n4c5ccccc5c5ccccc54)cc3)c3ccc(C4(c5ccccc5)c5ccccc5-c5ccccc54)cc3)c(-c3ccccc3)c2)cc1. The van der Waals surface area contributed by atoms with Crippen LogP contribution in [0.15, 0.2) is 255 Å². The summed E-state index contributed by atoms with van der Waals surface area (Å²) >= 11 is 0. The second kappa shape index (κ2) is 15.1. The van der Waals surface area contributed by atoms with E-state index in [4.69, 9.17) is 0 Å². The van der Waals surface area contributed by atoms with Crippen molar-refractivity contribution >= 4 is 38.9 Å². The highest BCUT2D eigenvalue weighted by molar-refractivity contribution is 6.09. The topological polar surface area (TPSA) is 8.17 Å². The smallest absolute Gasteiger partial charge is 0.0713 e. The zero-order valence-corrected chi connectivity index (χ0v) is 34.6. The van der Waals surface area contributed by atoms with Crippen LogP contribution < -0.4 is 4.90 Å². The minimum atomic E-state index is -0.478. The van der Waals surface area contributed by atoms with Gasteiger partial charge in [0.1, 0.15) is 0 Å². The van der Waals surface area contributed by atoms with Gasteiger partial charge in [-0.25, -0.2) is 0 Å². The van der Waals surface area contributed by atoms with Gasteiger partial charge in [0.05, 0.1) is 22.1 Å². The van der Waals surface area contributed by atoms with E-state index in [1.165, 1.54) is 66.3 Å². The molecule has 1 heterocycles. The van der Waals surface area contributed by atoms with Crippen molar-refractivity contribution in [2.45, 2.75) is 5.41 Å². The molecule has 1 aromatic heterocycles. The van der Waals surface area contributed by atoms with Crippen LogP contribution in [0.4, 0.5) is 17.1 Å². The number of rotatable bonds is 8. The fourth-order valence-electron chi connectivity index (χ4n) is 10.3. The second-order valence-corrected chi connectivity index (χ2v) is 16.4. The molecule has 11 aromatic rings. The Kier molecular flexibility index (Phi) is 8.76. The summed E-state index contributed by atoms with van der Waals surface area (Å²) in [6.07, 6.45) is 0. The molecule has 2 nitrogen and oxygen atoms in total. The van der Waals surface area contributed by atoms with Crippen molar-refractivity contribution in [3.63, 3.8) is 0 Å². The molecule has 0 amide bonds. The standard InChI is InChI=1S/C61H42N2/c1-4-18-43(19-5-1)45-32-41-60(55(42-45)44-20-6-2-7-21-44)62(49-37-39-50(40-38-49)63-58-30-16-12-26-53(58)54-27-13-17-31-59(54)63)48-35-33-47(34-36-48)61(46-22-8-3-9-23-46)56-28-14-10-24-51(56)52-25-11-15-29-57(52)61/h1-42H. The number of anilines is 3. The van der Waals surface area contributed by atoms with Crippen molar-refractivity contribution < 1.29 is 0 Å². The van der Waals surface area contributed by atoms with E-state index in [2.05, 4.69) is 264 Å². The molecule has 0 bridgehead atoms. The lowest BCUT2D eigenvalue weighted by molar-refractivity contribution is 0.768. The van der Waals surface area contributed by atoms with Crippen molar-refractivity contribution in [1.29, 1.82) is 0 Å². The van der Waals surface area contributed by atoms with Gasteiger partial charge < -0.3 is 9.47 Å². The fourth-order valence-corrected chi connectivity index (χ4v) is 10.3. The molecule has 2 heteroatoms. The van der Waals surface area contributed by atoms with E-state index in [-0.39, 0.29) is 0 Å². The molecule has 0 N–H and O–H groups in total. The minimum absolute atomic E-state index is 0.478. The van der Waals surface area contributed by atoms with E-state index in [9.17, 15) is 0 Å². The predicted molar refractivity (Wildman–Crippen MR) is 264 cm³/mol. The maximum atomic E-state index is 2.43. The van der Waals surface area contributed by atoms with Gasteiger partial charge in [0.15, 0.2) is 0 Å². The average molecular weight is 803 g/mol. The number of nitrogens with zero attached hydrogens (tertiary/aromatic N) is 2. The van der Waals surface area contributed by atoms with E-state index < -0.39 is 5.41 Å². The highest BCUT2D eigenvalue weighted by Gasteiger charge is 2.45. The van der Waals surface area contributed by atoms with E-state index in [1.807, 2.05) is 0 Å². The summed E-state index contributed by atoms with van der Waals surface area (Å²) in [5, 5.41) is 2.51. The zero-order valence-electron chi connectivity index (χ0n) is 34.6. The van der Waals surface area contributed by atoms with Gasteiger partial charge in [-0.15, -0.1) is 0 Å². The van der Waals surface area contributed by atoms with Gasteiger partial charge in [-0.3, -0.25) is 0 Å². The first-order valence-corrected chi connectivity index (χ1v) is 21.8. The number of fused-ring (bicyclic) bond motifs is 6. The lowest BCUT2D eigenvalue weighted by atomic mass is 9.68. The van der Waals surface area contributed by atoms with Gasteiger partial charge in [-0.05, 0) is 111 Å². The lowest BCUT2D eigenvalue weighted by Gasteiger charge is -2.34. The van der Waals surface area contributed by atoms with Crippen LogP contribution in [-0.4, -0.2) is 4.57 Å². The third-order valence-corrected chi connectivity index (χ3v) is 13.1. The largest absolute Gasteiger partial charge is 0.310 e. The van der Waals surface area contributed by atoms with Crippen molar-refractivity contribution in [2.75, 3.05) is 4.90 Å². The van der Waals surface area contributed by atoms with E-state index in [0.717, 1.165) is 33.9 Å². The summed E-state index contributed by atoms with van der Waals surface area (Å²) in [5.74, 6) is 0. The molecule has 296 valence electrons. The molecule has 0 radical (unpaired) electrons. The summed E-state index contributed by atoms with van der Waals surface area (Å²) in [5.41, 5.74) is 18.7. The average Bonchev–Trinajstić information content (AvgIpc) is 3.86. The van der Waals surface area contributed by atoms with Crippen LogP contribution in [0.3, 0.4) is 0 Å². The Morgan fingerprint density at radius 1 is 0.317 bits per heavy atom. The Balaban J connectivity index is 1.06. The Morgan fingerprint density at radius 3 is 1.37 bits per heavy atom. The molecular weight excluding hydrogens is 761 g/mol. The summed E-state index contributed by atoms with van der Waals surface area (Å²) < 4.78 is 2.39. The first-order valence-electron chi connectivity index (χ1n) is 21.8. The van der Waals surface area contributed by atoms with Crippen LogP contribution in [0.1, 0.15) is 22.3 Å². The molecular formula is C61H42N2. The highest BCUT2D eigenvalue weighted by atomic mass is 15.1. The second-order valence-electron chi connectivity index (χ2n) is 16.4. The number of benzene rings is 10. The maximum Gasteiger partial charge on any atom is 0.0713 e. The number of hydrogen-bond acceptors (Lipinski definition) is 1. The molecule has 0 spiro atoms. The molecule has 0 unspecified atom stereocenters. The maximum absolute atomic E-state index is 2.43. The van der Waals surface area contributed by atoms with Crippen molar-refractivity contribution in [3.05, 3.63) is 277 Å². The van der Waals surface area contributed by atoms with E-state index >= 15 is 0 Å². The third kappa shape index (κ3) is 5.87. The molecule has 10 aromatic carbocycles. The molecule has 0 aliphatic heterocycles. The summed E-state index contributed by atoms with van der Waals surface area (Å²) in [7, 11) is 0. The van der Waals surface area contributed by atoms with Crippen LogP contribution >= 0.6 is 0 Å². The molecule has 0 fully saturated rings. The predicted octanol–water partition coefficient (Wildman–Crippen LogP) is 16.0. The number of para-hydroxylation sites is 2. The van der Waals surface area contributed by atoms with Crippen molar-refractivity contribution in [2.24, 2.45) is 0 Å². The van der Waals surface area contributed by atoms with E-state index in [0.29, 0.717) is 0 Å². The van der Waals surface area contributed by atoms with Gasteiger partial charge in [0.25, 0.3) is 0 Å². The van der Waals surface area contributed by atoms with Gasteiger partial charge in [0, 0.05) is 33.4 Å². The monoisotopic (exact) mass is 802 g/mol. The van der Waals surface area contributed by atoms with E-state index in [1.54, 1.807) is 0 Å². The number of aromatic nitrogens is 1. The van der Waals surface area contributed by atoms with Gasteiger partial charge in [-0.1, -0.05) is 194 Å². The van der Waals surface area contributed by atoms with Gasteiger partial charge >= 0.3 is 0 Å². The lowest BCUT2D eigenvalue weighted by Crippen LogP contribution is -2.28. The van der Waals surface area contributed by atoms with Crippen LogP contribution in [-0.2, 0) is 5.41 Å².